The van der Waals surface area contributed by atoms with Gasteiger partial charge in [0.1, 0.15) is 17.1 Å². The van der Waals surface area contributed by atoms with Gasteiger partial charge in [-0.25, -0.2) is 4.79 Å². The van der Waals surface area contributed by atoms with Crippen LogP contribution in [0.2, 0.25) is 0 Å². The van der Waals surface area contributed by atoms with Gasteiger partial charge in [-0.1, -0.05) is 42.5 Å². The van der Waals surface area contributed by atoms with E-state index in [2.05, 4.69) is 0 Å². The number of hydrogen-bond acceptors (Lipinski definition) is 4. The quantitative estimate of drug-likeness (QED) is 0.581. The van der Waals surface area contributed by atoms with Gasteiger partial charge in [0.25, 0.3) is 0 Å². The predicted molar refractivity (Wildman–Crippen MR) is 94.9 cm³/mol. The van der Waals surface area contributed by atoms with E-state index in [9.17, 15) is 14.7 Å². The number of Topliss-reactive ketones (excluding diaryl/α,β-unsaturated/α-hetero) is 1. The maximum atomic E-state index is 12.4. The summed E-state index contributed by atoms with van der Waals surface area (Å²) in [5.41, 5.74) is 0.635. The number of carbonyl (C=O) groups is 1. The molecule has 0 radical (unpaired) electrons. The van der Waals surface area contributed by atoms with E-state index in [1.165, 1.54) is 6.92 Å². The molecule has 1 atom stereocenters. The van der Waals surface area contributed by atoms with Crippen LogP contribution in [-0.4, -0.2) is 62.3 Å². The second kappa shape index (κ2) is 8.23. The second-order valence-corrected chi connectivity index (χ2v) is 5.52. The number of ketones is 1. The Morgan fingerprint density at radius 1 is 1.08 bits per heavy atom. The monoisotopic (exact) mass is 348 g/mol. The first-order valence-corrected chi connectivity index (χ1v) is 7.37. The molecule has 3 aromatic rings. The summed E-state index contributed by atoms with van der Waals surface area (Å²) in [6, 6.07) is 16.0. The molecule has 0 aliphatic rings. The Kier molecular flexibility index (Phi) is 6.54. The number of carbonyl (C=O) groups excluding carboxylic acids is 1. The Hall–Kier alpha value is -1.24. The molecule has 4 nitrogen and oxygen atoms in total. The number of rotatable bonds is 4. The van der Waals surface area contributed by atoms with Gasteiger partial charge in [0.15, 0.2) is 0 Å². The van der Waals surface area contributed by atoms with Crippen LogP contribution >= 0.6 is 0 Å². The molecule has 0 amide bonds. The summed E-state index contributed by atoms with van der Waals surface area (Å²) in [4.78, 5) is 24.1. The summed E-state index contributed by atoms with van der Waals surface area (Å²) in [5, 5.41) is 11.1. The second-order valence-electron chi connectivity index (χ2n) is 5.52. The van der Waals surface area contributed by atoms with Gasteiger partial charge in [0.2, 0.25) is 0 Å². The standard InChI is InChI=1S/C19H16O4.K.H/c1-12(20)11-15(13-7-3-2-4-8-13)17-18(21)14-9-5-6-10-16(14)23-19(17)22;;/h2-10,15,21H,11H2,1H3;;. The SMILES string of the molecule is CC(=O)CC(c1ccccc1)c1c(O)c2ccccc2oc1=O.[KH]. The molecule has 0 saturated heterocycles. The van der Waals surface area contributed by atoms with Crippen molar-refractivity contribution in [3.63, 3.8) is 0 Å². The normalized spacial score (nSPS) is 11.7. The first kappa shape index (κ1) is 19.1. The summed E-state index contributed by atoms with van der Waals surface area (Å²) >= 11 is 0. The molecule has 2 aromatic carbocycles. The van der Waals surface area contributed by atoms with Crippen LogP contribution in [0, 0.1) is 0 Å². The van der Waals surface area contributed by atoms with E-state index in [-0.39, 0.29) is 74.9 Å². The van der Waals surface area contributed by atoms with Crippen LogP contribution in [0.4, 0.5) is 0 Å². The number of para-hydroxylation sites is 1. The third kappa shape index (κ3) is 3.87. The van der Waals surface area contributed by atoms with Crippen LogP contribution < -0.4 is 5.63 Å². The van der Waals surface area contributed by atoms with Gasteiger partial charge in [-0.3, -0.25) is 4.79 Å². The van der Waals surface area contributed by atoms with Crippen LogP contribution in [0.15, 0.2) is 63.8 Å². The molecule has 1 unspecified atom stereocenters. The van der Waals surface area contributed by atoms with E-state index < -0.39 is 11.5 Å². The zero-order chi connectivity index (χ0) is 16.4. The Balaban J connectivity index is 0.00000208. The average molecular weight is 348 g/mol. The summed E-state index contributed by atoms with van der Waals surface area (Å²) in [6.45, 7) is 1.47. The Morgan fingerprint density at radius 2 is 1.71 bits per heavy atom. The molecule has 1 N–H and O–H groups in total. The fourth-order valence-electron chi connectivity index (χ4n) is 2.81. The third-order valence-corrected chi connectivity index (χ3v) is 3.86. The fraction of sp³-hybridized carbons (Fsp3) is 0.158. The van der Waals surface area contributed by atoms with Crippen molar-refractivity contribution in [2.45, 2.75) is 19.3 Å². The van der Waals surface area contributed by atoms with E-state index in [0.29, 0.717) is 11.0 Å². The van der Waals surface area contributed by atoms with Gasteiger partial charge in [0, 0.05) is 12.3 Å². The molecule has 0 bridgehead atoms. The molecular weight excluding hydrogens is 331 g/mol. The van der Waals surface area contributed by atoms with E-state index in [1.54, 1.807) is 24.3 Å². The molecule has 118 valence electrons. The van der Waals surface area contributed by atoms with Gasteiger partial charge < -0.3 is 9.52 Å². The van der Waals surface area contributed by atoms with E-state index in [0.717, 1.165) is 5.56 Å². The molecule has 0 aliphatic carbocycles. The minimum absolute atomic E-state index is 0. The molecule has 1 aromatic heterocycles. The van der Waals surface area contributed by atoms with Gasteiger partial charge in [-0.2, -0.15) is 0 Å². The predicted octanol–water partition coefficient (Wildman–Crippen LogP) is 2.96. The van der Waals surface area contributed by atoms with Crippen LogP contribution in [0.25, 0.3) is 11.0 Å². The van der Waals surface area contributed by atoms with Crippen LogP contribution in [0.5, 0.6) is 5.75 Å². The molecule has 3 rings (SSSR count). The topological polar surface area (TPSA) is 67.5 Å². The van der Waals surface area contributed by atoms with Gasteiger partial charge >= 0.3 is 57.0 Å². The van der Waals surface area contributed by atoms with Crippen molar-refractivity contribution in [1.29, 1.82) is 0 Å². The summed E-state index contributed by atoms with van der Waals surface area (Å²) in [6.07, 6.45) is 0.126. The van der Waals surface area contributed by atoms with Crippen molar-refractivity contribution in [2.75, 3.05) is 0 Å². The van der Waals surface area contributed by atoms with Crippen molar-refractivity contribution in [3.8, 4) is 5.75 Å². The van der Waals surface area contributed by atoms with Gasteiger partial charge in [-0.05, 0) is 24.6 Å². The summed E-state index contributed by atoms with van der Waals surface area (Å²) in [5.74, 6) is -0.715. The Bertz CT molecular complexity index is 916. The number of benzene rings is 2. The number of fused-ring (bicyclic) bond motifs is 1. The Morgan fingerprint density at radius 3 is 2.38 bits per heavy atom. The van der Waals surface area contributed by atoms with Crippen molar-refractivity contribution in [3.05, 3.63) is 76.1 Å². The summed E-state index contributed by atoms with van der Waals surface area (Å²) < 4.78 is 5.33. The van der Waals surface area contributed by atoms with E-state index >= 15 is 0 Å². The van der Waals surface area contributed by atoms with Crippen LogP contribution in [0.3, 0.4) is 0 Å². The van der Waals surface area contributed by atoms with Crippen molar-refractivity contribution in [1.82, 2.24) is 0 Å². The minimum atomic E-state index is -0.615. The third-order valence-electron chi connectivity index (χ3n) is 3.86. The van der Waals surface area contributed by atoms with E-state index in [4.69, 9.17) is 4.42 Å². The van der Waals surface area contributed by atoms with Gasteiger partial charge in [0.05, 0.1) is 10.9 Å². The maximum absolute atomic E-state index is 12.4. The Labute approximate surface area is 181 Å². The average Bonchev–Trinajstić information content (AvgIpc) is 2.54. The zero-order valence-corrected chi connectivity index (χ0v) is 12.7. The van der Waals surface area contributed by atoms with Crippen molar-refractivity contribution in [2.24, 2.45) is 0 Å². The molecular formula is C19H17KO4. The van der Waals surface area contributed by atoms with Crippen LogP contribution in [-0.2, 0) is 4.79 Å². The molecule has 0 spiro atoms. The van der Waals surface area contributed by atoms with E-state index in [1.807, 2.05) is 30.3 Å². The number of hydrogen-bond donors (Lipinski definition) is 1. The van der Waals surface area contributed by atoms with Crippen molar-refractivity contribution >= 4 is 68.1 Å². The summed E-state index contributed by atoms with van der Waals surface area (Å²) in [7, 11) is 0. The number of aromatic hydroxyl groups is 1. The molecule has 0 fully saturated rings. The van der Waals surface area contributed by atoms with Crippen LogP contribution in [0.1, 0.15) is 30.4 Å². The first-order chi connectivity index (χ1) is 11.1. The first-order valence-electron chi connectivity index (χ1n) is 7.37. The zero-order valence-electron chi connectivity index (χ0n) is 12.7. The van der Waals surface area contributed by atoms with Crippen molar-refractivity contribution < 1.29 is 14.3 Å². The molecule has 5 heteroatoms. The molecule has 0 saturated carbocycles. The fourth-order valence-corrected chi connectivity index (χ4v) is 2.81. The molecule has 1 heterocycles. The molecule has 24 heavy (non-hydrogen) atoms. The van der Waals surface area contributed by atoms with Gasteiger partial charge in [-0.15, -0.1) is 0 Å². The molecule has 0 aliphatic heterocycles.